The van der Waals surface area contributed by atoms with Crippen LogP contribution in [-0.4, -0.2) is 48.0 Å². The van der Waals surface area contributed by atoms with Crippen molar-refractivity contribution in [2.45, 2.75) is 27.2 Å². The quantitative estimate of drug-likeness (QED) is 0.309. The lowest BCUT2D eigenvalue weighted by molar-refractivity contribution is -0.143. The predicted octanol–water partition coefficient (Wildman–Crippen LogP) is 1.77. The summed E-state index contributed by atoms with van der Waals surface area (Å²) in [4.78, 5) is 27.3. The van der Waals surface area contributed by atoms with Gasteiger partial charge in [0.1, 0.15) is 6.73 Å². The highest BCUT2D eigenvalue weighted by Crippen LogP contribution is 2.19. The molecule has 1 amide bonds. The molecule has 1 aliphatic rings. The van der Waals surface area contributed by atoms with Gasteiger partial charge in [0.05, 0.1) is 11.5 Å². The van der Waals surface area contributed by atoms with E-state index in [0.29, 0.717) is 12.1 Å². The number of carbonyl (C=O) groups is 2. The second-order valence-electron chi connectivity index (χ2n) is 4.84. The second-order valence-corrected chi connectivity index (χ2v) is 4.84. The van der Waals surface area contributed by atoms with Crippen molar-refractivity contribution in [3.05, 3.63) is 24.4 Å². The maximum absolute atomic E-state index is 11.9. The Morgan fingerprint density at radius 2 is 2.15 bits per heavy atom. The van der Waals surface area contributed by atoms with Crippen molar-refractivity contribution in [3.8, 4) is 0 Å². The minimum Gasteiger partial charge on any atom is -0.446 e. The Hall–Kier alpha value is -1.62. The Labute approximate surface area is 120 Å². The largest absolute Gasteiger partial charge is 0.446 e. The summed E-state index contributed by atoms with van der Waals surface area (Å²) < 4.78 is 5.21. The Bertz CT molecular complexity index is 400. The highest BCUT2D eigenvalue weighted by molar-refractivity contribution is 5.89. The SMILES string of the molecule is C=CC1CCN(/C=C(\C)C(=O)OCN(CC)CC)C1=O. The second kappa shape index (κ2) is 7.85. The van der Waals surface area contributed by atoms with Crippen LogP contribution < -0.4 is 0 Å². The monoisotopic (exact) mass is 280 g/mol. The number of hydrogen-bond donors (Lipinski definition) is 0. The van der Waals surface area contributed by atoms with E-state index in [9.17, 15) is 9.59 Å². The molecular weight excluding hydrogens is 256 g/mol. The number of ether oxygens (including phenoxy) is 1. The summed E-state index contributed by atoms with van der Waals surface area (Å²) in [6.45, 7) is 11.9. The first-order valence-corrected chi connectivity index (χ1v) is 7.04. The molecule has 0 radical (unpaired) electrons. The third kappa shape index (κ3) is 4.20. The highest BCUT2D eigenvalue weighted by atomic mass is 16.5. The average molecular weight is 280 g/mol. The van der Waals surface area contributed by atoms with Gasteiger partial charge in [0.25, 0.3) is 0 Å². The van der Waals surface area contributed by atoms with E-state index >= 15 is 0 Å². The lowest BCUT2D eigenvalue weighted by Gasteiger charge is -2.18. The molecule has 112 valence electrons. The molecule has 5 heteroatoms. The number of hydrogen-bond acceptors (Lipinski definition) is 4. The maximum Gasteiger partial charge on any atom is 0.336 e. The van der Waals surface area contributed by atoms with Crippen LogP contribution in [-0.2, 0) is 14.3 Å². The molecule has 0 N–H and O–H groups in total. The summed E-state index contributed by atoms with van der Waals surface area (Å²) in [5.74, 6) is -0.520. The fourth-order valence-electron chi connectivity index (χ4n) is 2.03. The molecular formula is C15H24N2O3. The van der Waals surface area contributed by atoms with Crippen molar-refractivity contribution in [1.29, 1.82) is 0 Å². The van der Waals surface area contributed by atoms with E-state index in [4.69, 9.17) is 4.74 Å². The van der Waals surface area contributed by atoms with E-state index in [1.165, 1.54) is 0 Å². The van der Waals surface area contributed by atoms with E-state index in [-0.39, 0.29) is 24.5 Å². The number of carbonyl (C=O) groups excluding carboxylic acids is 2. The van der Waals surface area contributed by atoms with Crippen LogP contribution in [0.1, 0.15) is 27.2 Å². The molecule has 1 heterocycles. The molecule has 0 aromatic carbocycles. The van der Waals surface area contributed by atoms with E-state index in [1.54, 1.807) is 24.1 Å². The number of nitrogens with zero attached hydrogens (tertiary/aromatic N) is 2. The van der Waals surface area contributed by atoms with Crippen molar-refractivity contribution in [2.75, 3.05) is 26.4 Å². The minimum atomic E-state index is -0.383. The van der Waals surface area contributed by atoms with Gasteiger partial charge < -0.3 is 9.64 Å². The Morgan fingerprint density at radius 3 is 2.65 bits per heavy atom. The van der Waals surface area contributed by atoms with E-state index in [1.807, 2.05) is 18.7 Å². The topological polar surface area (TPSA) is 49.9 Å². The number of likely N-dealkylation sites (tertiary alicyclic amines) is 1. The lowest BCUT2D eigenvalue weighted by atomic mass is 10.1. The average Bonchev–Trinajstić information content (AvgIpc) is 2.80. The van der Waals surface area contributed by atoms with Gasteiger partial charge in [0.15, 0.2) is 0 Å². The molecule has 0 saturated carbocycles. The van der Waals surface area contributed by atoms with Gasteiger partial charge in [-0.3, -0.25) is 9.69 Å². The number of rotatable bonds is 7. The first kappa shape index (κ1) is 16.4. The molecule has 0 aliphatic carbocycles. The summed E-state index contributed by atoms with van der Waals surface area (Å²) >= 11 is 0. The lowest BCUT2D eigenvalue weighted by Crippen LogP contribution is -2.28. The van der Waals surface area contributed by atoms with Gasteiger partial charge in [-0.1, -0.05) is 19.9 Å². The molecule has 1 saturated heterocycles. The van der Waals surface area contributed by atoms with Gasteiger partial charge in [-0.25, -0.2) is 4.79 Å². The van der Waals surface area contributed by atoms with Gasteiger partial charge >= 0.3 is 5.97 Å². The molecule has 1 atom stereocenters. The van der Waals surface area contributed by atoms with Crippen LogP contribution in [0.5, 0.6) is 0 Å². The maximum atomic E-state index is 11.9. The van der Waals surface area contributed by atoms with Crippen molar-refractivity contribution < 1.29 is 14.3 Å². The summed E-state index contributed by atoms with van der Waals surface area (Å²) in [6.07, 6.45) is 3.99. The van der Waals surface area contributed by atoms with E-state index < -0.39 is 0 Å². The minimum absolute atomic E-state index is 0.00380. The van der Waals surface area contributed by atoms with Crippen LogP contribution in [0.2, 0.25) is 0 Å². The molecule has 5 nitrogen and oxygen atoms in total. The Balaban J connectivity index is 2.54. The molecule has 1 fully saturated rings. The third-order valence-corrected chi connectivity index (χ3v) is 3.51. The van der Waals surface area contributed by atoms with Crippen LogP contribution in [0.3, 0.4) is 0 Å². The predicted molar refractivity (Wildman–Crippen MR) is 77.7 cm³/mol. The zero-order chi connectivity index (χ0) is 15.1. The molecule has 20 heavy (non-hydrogen) atoms. The zero-order valence-corrected chi connectivity index (χ0v) is 12.6. The Kier molecular flexibility index (Phi) is 6.45. The van der Waals surface area contributed by atoms with Crippen molar-refractivity contribution in [3.63, 3.8) is 0 Å². The smallest absolute Gasteiger partial charge is 0.336 e. The van der Waals surface area contributed by atoms with Crippen molar-refractivity contribution in [1.82, 2.24) is 9.80 Å². The van der Waals surface area contributed by atoms with Crippen LogP contribution in [0.25, 0.3) is 0 Å². The zero-order valence-electron chi connectivity index (χ0n) is 12.6. The fraction of sp³-hybridized carbons (Fsp3) is 0.600. The van der Waals surface area contributed by atoms with Crippen LogP contribution in [0.4, 0.5) is 0 Å². The summed E-state index contributed by atoms with van der Waals surface area (Å²) in [5.41, 5.74) is 0.440. The van der Waals surface area contributed by atoms with Gasteiger partial charge in [-0.2, -0.15) is 0 Å². The van der Waals surface area contributed by atoms with Gasteiger partial charge in [0, 0.05) is 12.7 Å². The van der Waals surface area contributed by atoms with Gasteiger partial charge in [-0.15, -0.1) is 6.58 Å². The first-order chi connectivity index (χ1) is 9.53. The summed E-state index contributed by atoms with van der Waals surface area (Å²) in [6, 6.07) is 0. The molecule has 1 unspecified atom stereocenters. The van der Waals surface area contributed by atoms with Crippen LogP contribution >= 0.6 is 0 Å². The third-order valence-electron chi connectivity index (χ3n) is 3.51. The van der Waals surface area contributed by atoms with Gasteiger partial charge in [0.2, 0.25) is 5.91 Å². The molecule has 0 bridgehead atoms. The van der Waals surface area contributed by atoms with Crippen molar-refractivity contribution in [2.24, 2.45) is 5.92 Å². The molecule has 0 aromatic heterocycles. The molecule has 0 aromatic rings. The van der Waals surface area contributed by atoms with Crippen molar-refractivity contribution >= 4 is 11.9 Å². The molecule has 1 rings (SSSR count). The van der Waals surface area contributed by atoms with Crippen LogP contribution in [0, 0.1) is 5.92 Å². The van der Waals surface area contributed by atoms with E-state index in [0.717, 1.165) is 19.5 Å². The Morgan fingerprint density at radius 1 is 1.50 bits per heavy atom. The summed E-state index contributed by atoms with van der Waals surface area (Å²) in [5, 5.41) is 0. The van der Waals surface area contributed by atoms with Gasteiger partial charge in [-0.05, 0) is 26.4 Å². The van der Waals surface area contributed by atoms with Crippen LogP contribution in [0.15, 0.2) is 24.4 Å². The number of amides is 1. The molecule has 1 aliphatic heterocycles. The number of esters is 1. The fourth-order valence-corrected chi connectivity index (χ4v) is 2.03. The summed E-state index contributed by atoms with van der Waals surface area (Å²) in [7, 11) is 0. The molecule has 0 spiro atoms. The standard InChI is InChI=1S/C15H24N2O3/c1-5-13-8-9-17(14(13)18)10-12(4)15(19)20-11-16(6-2)7-3/h5,10,13H,1,6-9,11H2,2-4H3/b12-10+. The first-order valence-electron chi connectivity index (χ1n) is 7.04. The normalized spacial score (nSPS) is 19.6. The van der Waals surface area contributed by atoms with E-state index in [2.05, 4.69) is 6.58 Å². The highest BCUT2D eigenvalue weighted by Gasteiger charge is 2.28.